The van der Waals surface area contributed by atoms with Crippen LogP contribution in [-0.2, 0) is 6.54 Å². The average molecular weight is 327 g/mol. The summed E-state index contributed by atoms with van der Waals surface area (Å²) in [5.41, 5.74) is 2.03. The third kappa shape index (κ3) is 2.55. The second kappa shape index (κ2) is 5.44. The van der Waals surface area contributed by atoms with Crippen molar-refractivity contribution in [1.82, 2.24) is 9.55 Å². The van der Waals surface area contributed by atoms with Gasteiger partial charge in [0.2, 0.25) is 5.89 Å². The summed E-state index contributed by atoms with van der Waals surface area (Å²) in [6.45, 7) is 0.195. The molecule has 0 spiro atoms. The summed E-state index contributed by atoms with van der Waals surface area (Å²) >= 11 is 5.91. The molecule has 23 heavy (non-hydrogen) atoms. The molecule has 0 radical (unpaired) electrons. The fourth-order valence-corrected chi connectivity index (χ4v) is 2.61. The van der Waals surface area contributed by atoms with E-state index in [0.29, 0.717) is 27.8 Å². The Kier molecular flexibility index (Phi) is 3.28. The van der Waals surface area contributed by atoms with Gasteiger partial charge in [-0.05, 0) is 12.1 Å². The Morgan fingerprint density at radius 1 is 1.09 bits per heavy atom. The van der Waals surface area contributed by atoms with Crippen molar-refractivity contribution in [2.24, 2.45) is 0 Å². The van der Waals surface area contributed by atoms with Gasteiger partial charge in [0.15, 0.2) is 11.3 Å². The van der Waals surface area contributed by atoms with E-state index >= 15 is 0 Å². The normalized spacial score (nSPS) is 11.2. The Balaban J connectivity index is 1.71. The summed E-state index contributed by atoms with van der Waals surface area (Å²) in [6, 6.07) is 14.7. The van der Waals surface area contributed by atoms with Crippen LogP contribution < -0.4 is 5.76 Å². The topological polar surface area (TPSA) is 61.2 Å². The highest BCUT2D eigenvalue weighted by atomic mass is 35.5. The number of fused-ring (bicyclic) bond motifs is 1. The van der Waals surface area contributed by atoms with Crippen molar-refractivity contribution >= 4 is 22.7 Å². The molecule has 0 aliphatic carbocycles. The summed E-state index contributed by atoms with van der Waals surface area (Å²) in [5.74, 6) is 0.620. The maximum Gasteiger partial charge on any atom is 0.420 e. The summed E-state index contributed by atoms with van der Waals surface area (Å²) in [5, 5.41) is 0.515. The molecule has 0 fully saturated rings. The summed E-state index contributed by atoms with van der Waals surface area (Å²) in [7, 11) is 0. The van der Waals surface area contributed by atoms with E-state index in [-0.39, 0.29) is 6.54 Å². The first-order chi connectivity index (χ1) is 11.2. The zero-order chi connectivity index (χ0) is 15.8. The number of benzene rings is 2. The molecule has 0 aliphatic rings. The van der Waals surface area contributed by atoms with E-state index in [1.165, 1.54) is 4.57 Å². The van der Waals surface area contributed by atoms with Crippen LogP contribution >= 0.6 is 11.6 Å². The molecule has 2 aromatic carbocycles. The van der Waals surface area contributed by atoms with Gasteiger partial charge in [-0.15, -0.1) is 0 Å². The van der Waals surface area contributed by atoms with E-state index in [1.807, 2.05) is 30.3 Å². The van der Waals surface area contributed by atoms with Gasteiger partial charge in [-0.1, -0.05) is 41.9 Å². The lowest BCUT2D eigenvalue weighted by molar-refractivity contribution is 0.462. The molecule has 6 heteroatoms. The van der Waals surface area contributed by atoms with Crippen LogP contribution in [0.3, 0.4) is 0 Å². The number of aromatic nitrogens is 2. The molecule has 0 amide bonds. The Labute approximate surface area is 135 Å². The number of oxazole rings is 2. The van der Waals surface area contributed by atoms with Crippen LogP contribution in [0.2, 0.25) is 5.02 Å². The predicted octanol–water partition coefficient (Wildman–Crippen LogP) is 3.95. The van der Waals surface area contributed by atoms with Crippen LogP contribution in [0.1, 0.15) is 5.89 Å². The molecule has 0 saturated carbocycles. The highest BCUT2D eigenvalue weighted by molar-refractivity contribution is 6.31. The molecule has 4 rings (SSSR count). The molecule has 0 N–H and O–H groups in total. The fraction of sp³-hybridized carbons (Fsp3) is 0.0588. The number of hydrogen-bond donors (Lipinski definition) is 0. The molecular formula is C17H11ClN2O3. The van der Waals surface area contributed by atoms with Crippen LogP contribution in [0.25, 0.3) is 22.4 Å². The number of rotatable bonds is 3. The SMILES string of the molecule is O=c1oc2cc(Cl)ccc2n1Cc1ncc(-c2ccccc2)o1. The van der Waals surface area contributed by atoms with Crippen LogP contribution in [0.15, 0.2) is 68.4 Å². The van der Waals surface area contributed by atoms with Crippen LogP contribution in [-0.4, -0.2) is 9.55 Å². The van der Waals surface area contributed by atoms with Gasteiger partial charge in [0.25, 0.3) is 0 Å². The minimum absolute atomic E-state index is 0.195. The second-order valence-electron chi connectivity index (χ2n) is 5.05. The zero-order valence-electron chi connectivity index (χ0n) is 11.9. The molecule has 0 bridgehead atoms. The minimum Gasteiger partial charge on any atom is -0.439 e. The second-order valence-corrected chi connectivity index (χ2v) is 5.49. The van der Waals surface area contributed by atoms with E-state index in [1.54, 1.807) is 24.4 Å². The zero-order valence-corrected chi connectivity index (χ0v) is 12.7. The molecular weight excluding hydrogens is 316 g/mol. The minimum atomic E-state index is -0.471. The summed E-state index contributed by atoms with van der Waals surface area (Å²) in [6.07, 6.45) is 1.65. The van der Waals surface area contributed by atoms with Gasteiger partial charge in [0, 0.05) is 16.7 Å². The van der Waals surface area contributed by atoms with Crippen molar-refractivity contribution in [2.45, 2.75) is 6.54 Å². The van der Waals surface area contributed by atoms with Crippen LogP contribution in [0.4, 0.5) is 0 Å². The molecule has 4 aromatic rings. The monoisotopic (exact) mass is 326 g/mol. The smallest absolute Gasteiger partial charge is 0.420 e. The molecule has 0 saturated heterocycles. The van der Waals surface area contributed by atoms with E-state index in [2.05, 4.69) is 4.98 Å². The van der Waals surface area contributed by atoms with Crippen molar-refractivity contribution in [1.29, 1.82) is 0 Å². The average Bonchev–Trinajstić information content (AvgIpc) is 3.14. The standard InChI is InChI=1S/C17H11ClN2O3/c18-12-6-7-13-14(8-12)23-17(21)20(13)10-16-19-9-15(22-16)11-4-2-1-3-5-11/h1-9H,10H2. The Morgan fingerprint density at radius 2 is 1.91 bits per heavy atom. The summed E-state index contributed by atoms with van der Waals surface area (Å²) < 4.78 is 12.4. The third-order valence-corrected chi connectivity index (χ3v) is 3.77. The van der Waals surface area contributed by atoms with Crippen LogP contribution in [0.5, 0.6) is 0 Å². The largest absolute Gasteiger partial charge is 0.439 e. The Hall–Kier alpha value is -2.79. The van der Waals surface area contributed by atoms with Gasteiger partial charge < -0.3 is 8.83 Å². The van der Waals surface area contributed by atoms with E-state index in [0.717, 1.165) is 5.56 Å². The Morgan fingerprint density at radius 3 is 2.74 bits per heavy atom. The summed E-state index contributed by atoms with van der Waals surface area (Å²) in [4.78, 5) is 16.3. The number of halogens is 1. The van der Waals surface area contributed by atoms with Crippen molar-refractivity contribution < 1.29 is 8.83 Å². The highest BCUT2D eigenvalue weighted by Crippen LogP contribution is 2.22. The molecule has 0 atom stereocenters. The lowest BCUT2D eigenvalue weighted by Crippen LogP contribution is -2.14. The molecule has 2 heterocycles. The van der Waals surface area contributed by atoms with E-state index in [4.69, 9.17) is 20.4 Å². The molecule has 0 aliphatic heterocycles. The van der Waals surface area contributed by atoms with E-state index < -0.39 is 5.76 Å². The lowest BCUT2D eigenvalue weighted by Gasteiger charge is -1.99. The maximum absolute atomic E-state index is 12.0. The number of hydrogen-bond acceptors (Lipinski definition) is 4. The van der Waals surface area contributed by atoms with Gasteiger partial charge in [-0.2, -0.15) is 0 Å². The molecule has 114 valence electrons. The Bertz CT molecular complexity index is 1030. The van der Waals surface area contributed by atoms with Crippen molar-refractivity contribution in [3.8, 4) is 11.3 Å². The van der Waals surface area contributed by atoms with Crippen molar-refractivity contribution in [3.05, 3.63) is 76.2 Å². The van der Waals surface area contributed by atoms with Gasteiger partial charge in [0.1, 0.15) is 6.54 Å². The van der Waals surface area contributed by atoms with Crippen molar-refractivity contribution in [2.75, 3.05) is 0 Å². The predicted molar refractivity (Wildman–Crippen MR) is 86.5 cm³/mol. The van der Waals surface area contributed by atoms with Gasteiger partial charge >= 0.3 is 5.76 Å². The first-order valence-electron chi connectivity index (χ1n) is 7.00. The first kappa shape index (κ1) is 13.8. The third-order valence-electron chi connectivity index (χ3n) is 3.54. The lowest BCUT2D eigenvalue weighted by atomic mass is 10.2. The molecule has 0 unspecified atom stereocenters. The van der Waals surface area contributed by atoms with Crippen LogP contribution in [0, 0.1) is 0 Å². The van der Waals surface area contributed by atoms with Crippen molar-refractivity contribution in [3.63, 3.8) is 0 Å². The van der Waals surface area contributed by atoms with Gasteiger partial charge in [0.05, 0.1) is 11.7 Å². The maximum atomic E-state index is 12.0. The van der Waals surface area contributed by atoms with E-state index in [9.17, 15) is 4.79 Å². The fourth-order valence-electron chi connectivity index (χ4n) is 2.44. The molecule has 5 nitrogen and oxygen atoms in total. The number of nitrogens with zero attached hydrogens (tertiary/aromatic N) is 2. The quantitative estimate of drug-likeness (QED) is 0.572. The van der Waals surface area contributed by atoms with Gasteiger partial charge in [-0.25, -0.2) is 9.78 Å². The highest BCUT2D eigenvalue weighted by Gasteiger charge is 2.13. The first-order valence-corrected chi connectivity index (χ1v) is 7.37. The van der Waals surface area contributed by atoms with Gasteiger partial charge in [-0.3, -0.25) is 4.57 Å². The molecule has 2 aromatic heterocycles.